The van der Waals surface area contributed by atoms with Crippen molar-refractivity contribution in [1.29, 1.82) is 0 Å². The average molecular weight is 360 g/mol. The molecule has 0 fully saturated rings. The highest BCUT2D eigenvalue weighted by Crippen LogP contribution is 2.24. The quantitative estimate of drug-likeness (QED) is 0.728. The van der Waals surface area contributed by atoms with Gasteiger partial charge in [-0.05, 0) is 55.5 Å². The van der Waals surface area contributed by atoms with Gasteiger partial charge in [-0.25, -0.2) is 0 Å². The van der Waals surface area contributed by atoms with E-state index < -0.39 is 0 Å². The molecular weight excluding hydrogens is 346 g/mol. The van der Waals surface area contributed by atoms with Gasteiger partial charge in [0.2, 0.25) is 5.13 Å². The highest BCUT2D eigenvalue weighted by Gasteiger charge is 2.11. The number of hydrogen-bond acceptors (Lipinski definition) is 5. The van der Waals surface area contributed by atoms with Gasteiger partial charge in [0.05, 0.1) is 6.61 Å². The van der Waals surface area contributed by atoms with Gasteiger partial charge in [0.15, 0.2) is 5.82 Å². The van der Waals surface area contributed by atoms with Crippen molar-refractivity contribution >= 4 is 34.2 Å². The fourth-order valence-electron chi connectivity index (χ4n) is 2.03. The number of aromatic nitrogens is 2. The predicted molar refractivity (Wildman–Crippen MR) is 95.9 cm³/mol. The van der Waals surface area contributed by atoms with Gasteiger partial charge >= 0.3 is 0 Å². The lowest BCUT2D eigenvalue weighted by molar-refractivity contribution is 0.102. The standard InChI is InChI=1S/C17H14ClN3O2S/c1-2-23-14-9-5-11(6-10-14)15-19-17(24-21-15)20-16(22)12-3-7-13(18)8-4-12/h3-10H,2H2,1H3,(H,19,20,21,22). The van der Waals surface area contributed by atoms with Crippen LogP contribution in [-0.2, 0) is 0 Å². The zero-order chi connectivity index (χ0) is 16.9. The van der Waals surface area contributed by atoms with E-state index in [4.69, 9.17) is 16.3 Å². The zero-order valence-electron chi connectivity index (χ0n) is 12.8. The number of anilines is 1. The number of halogens is 1. The van der Waals surface area contributed by atoms with Crippen LogP contribution in [0.4, 0.5) is 5.13 Å². The van der Waals surface area contributed by atoms with Crippen molar-refractivity contribution in [3.8, 4) is 17.1 Å². The molecule has 0 aliphatic carbocycles. The van der Waals surface area contributed by atoms with Gasteiger partial charge in [-0.2, -0.15) is 9.36 Å². The minimum absolute atomic E-state index is 0.249. The van der Waals surface area contributed by atoms with Gasteiger partial charge in [-0.1, -0.05) is 11.6 Å². The summed E-state index contributed by atoms with van der Waals surface area (Å²) in [7, 11) is 0. The first kappa shape index (κ1) is 16.4. The smallest absolute Gasteiger partial charge is 0.257 e. The summed E-state index contributed by atoms with van der Waals surface area (Å²) in [4.78, 5) is 16.5. The van der Waals surface area contributed by atoms with Crippen molar-refractivity contribution in [1.82, 2.24) is 9.36 Å². The second kappa shape index (κ2) is 7.42. The monoisotopic (exact) mass is 359 g/mol. The summed E-state index contributed by atoms with van der Waals surface area (Å²) in [6.07, 6.45) is 0. The maximum atomic E-state index is 12.2. The molecule has 1 aromatic heterocycles. The molecule has 1 N–H and O–H groups in total. The number of carbonyl (C=O) groups excluding carboxylic acids is 1. The van der Waals surface area contributed by atoms with Gasteiger partial charge < -0.3 is 4.74 Å². The Hall–Kier alpha value is -2.44. The van der Waals surface area contributed by atoms with E-state index in [9.17, 15) is 4.79 Å². The van der Waals surface area contributed by atoms with E-state index in [0.29, 0.717) is 28.1 Å². The first-order chi connectivity index (χ1) is 11.7. The van der Waals surface area contributed by atoms with Crippen LogP contribution in [0.15, 0.2) is 48.5 Å². The third kappa shape index (κ3) is 3.90. The number of amides is 1. The highest BCUT2D eigenvalue weighted by atomic mass is 35.5. The molecule has 0 saturated heterocycles. The third-order valence-corrected chi connectivity index (χ3v) is 4.06. The molecule has 0 spiro atoms. The number of benzene rings is 2. The molecule has 0 atom stereocenters. The molecule has 0 bridgehead atoms. The number of nitrogens with one attached hydrogen (secondary N) is 1. The van der Waals surface area contributed by atoms with Crippen LogP contribution in [0.2, 0.25) is 5.02 Å². The maximum Gasteiger partial charge on any atom is 0.257 e. The van der Waals surface area contributed by atoms with Crippen LogP contribution in [0.1, 0.15) is 17.3 Å². The molecule has 3 rings (SSSR count). The van der Waals surface area contributed by atoms with E-state index in [-0.39, 0.29) is 5.91 Å². The first-order valence-electron chi connectivity index (χ1n) is 7.29. The zero-order valence-corrected chi connectivity index (χ0v) is 14.4. The Labute approximate surface area is 148 Å². The summed E-state index contributed by atoms with van der Waals surface area (Å²) >= 11 is 6.95. The van der Waals surface area contributed by atoms with Crippen molar-refractivity contribution in [3.63, 3.8) is 0 Å². The van der Waals surface area contributed by atoms with Gasteiger partial charge in [0, 0.05) is 27.7 Å². The SMILES string of the molecule is CCOc1ccc(-c2nsc(NC(=O)c3ccc(Cl)cc3)n2)cc1. The molecule has 0 aliphatic heterocycles. The van der Waals surface area contributed by atoms with E-state index in [2.05, 4.69) is 14.7 Å². The minimum atomic E-state index is -0.249. The predicted octanol–water partition coefficient (Wildman–Crippen LogP) is 4.51. The van der Waals surface area contributed by atoms with Crippen LogP contribution < -0.4 is 10.1 Å². The number of ether oxygens (including phenoxy) is 1. The summed E-state index contributed by atoms with van der Waals surface area (Å²) in [5.41, 5.74) is 1.37. The van der Waals surface area contributed by atoms with Crippen LogP contribution in [0.5, 0.6) is 5.75 Å². The number of hydrogen-bond donors (Lipinski definition) is 1. The summed E-state index contributed by atoms with van der Waals surface area (Å²) in [5.74, 6) is 1.11. The van der Waals surface area contributed by atoms with E-state index in [1.165, 1.54) is 0 Å². The van der Waals surface area contributed by atoms with Gasteiger partial charge in [0.1, 0.15) is 5.75 Å². The Morgan fingerprint density at radius 1 is 1.17 bits per heavy atom. The van der Waals surface area contributed by atoms with Crippen molar-refractivity contribution in [2.75, 3.05) is 11.9 Å². The van der Waals surface area contributed by atoms with E-state index in [1.54, 1.807) is 24.3 Å². The van der Waals surface area contributed by atoms with Crippen molar-refractivity contribution in [2.24, 2.45) is 0 Å². The normalized spacial score (nSPS) is 10.4. The summed E-state index contributed by atoms with van der Waals surface area (Å²) in [6.45, 7) is 2.56. The lowest BCUT2D eigenvalue weighted by Gasteiger charge is -2.02. The Morgan fingerprint density at radius 2 is 1.88 bits per heavy atom. The van der Waals surface area contributed by atoms with Crippen LogP contribution >= 0.6 is 23.1 Å². The number of nitrogens with zero attached hydrogens (tertiary/aromatic N) is 2. The Balaban J connectivity index is 1.71. The largest absolute Gasteiger partial charge is 0.494 e. The fourth-order valence-corrected chi connectivity index (χ4v) is 2.74. The molecule has 0 saturated carbocycles. The summed E-state index contributed by atoms with van der Waals surface area (Å²) in [5, 5.41) is 3.76. The molecular formula is C17H14ClN3O2S. The molecule has 0 radical (unpaired) electrons. The molecule has 1 heterocycles. The molecule has 5 nitrogen and oxygen atoms in total. The number of rotatable bonds is 5. The third-order valence-electron chi connectivity index (χ3n) is 3.18. The fraction of sp³-hybridized carbons (Fsp3) is 0.118. The molecule has 3 aromatic rings. The highest BCUT2D eigenvalue weighted by molar-refractivity contribution is 7.10. The Morgan fingerprint density at radius 3 is 2.54 bits per heavy atom. The minimum Gasteiger partial charge on any atom is -0.494 e. The Bertz CT molecular complexity index is 832. The molecule has 0 aliphatic rings. The van der Waals surface area contributed by atoms with Crippen LogP contribution in [0.3, 0.4) is 0 Å². The van der Waals surface area contributed by atoms with E-state index in [1.807, 2.05) is 31.2 Å². The van der Waals surface area contributed by atoms with Crippen LogP contribution in [0, 0.1) is 0 Å². The first-order valence-corrected chi connectivity index (χ1v) is 8.44. The summed E-state index contributed by atoms with van der Waals surface area (Å²) in [6, 6.07) is 14.2. The van der Waals surface area contributed by atoms with E-state index >= 15 is 0 Å². The molecule has 24 heavy (non-hydrogen) atoms. The van der Waals surface area contributed by atoms with Gasteiger partial charge in [0.25, 0.3) is 5.91 Å². The Kier molecular flexibility index (Phi) is 5.08. The molecule has 1 amide bonds. The van der Waals surface area contributed by atoms with Crippen molar-refractivity contribution in [3.05, 3.63) is 59.1 Å². The van der Waals surface area contributed by atoms with Crippen molar-refractivity contribution < 1.29 is 9.53 Å². The van der Waals surface area contributed by atoms with Gasteiger partial charge in [-0.3, -0.25) is 10.1 Å². The van der Waals surface area contributed by atoms with E-state index in [0.717, 1.165) is 22.8 Å². The average Bonchev–Trinajstić information content (AvgIpc) is 3.05. The molecule has 0 unspecified atom stereocenters. The van der Waals surface area contributed by atoms with Gasteiger partial charge in [-0.15, -0.1) is 0 Å². The summed E-state index contributed by atoms with van der Waals surface area (Å²) < 4.78 is 9.68. The maximum absolute atomic E-state index is 12.2. The second-order valence-corrected chi connectivity index (χ2v) is 6.03. The lowest BCUT2D eigenvalue weighted by Crippen LogP contribution is -2.11. The van der Waals surface area contributed by atoms with Crippen LogP contribution in [-0.4, -0.2) is 21.9 Å². The molecule has 7 heteroatoms. The molecule has 2 aromatic carbocycles. The number of carbonyl (C=O) groups is 1. The van der Waals surface area contributed by atoms with Crippen LogP contribution in [0.25, 0.3) is 11.4 Å². The lowest BCUT2D eigenvalue weighted by atomic mass is 10.2. The topological polar surface area (TPSA) is 64.1 Å². The molecule has 122 valence electrons. The van der Waals surface area contributed by atoms with Crippen molar-refractivity contribution in [2.45, 2.75) is 6.92 Å². The second-order valence-electron chi connectivity index (χ2n) is 4.84.